The van der Waals surface area contributed by atoms with Gasteiger partial charge < -0.3 is 4.57 Å². The SMILES string of the molecule is C=Cc1c(/C=C\C)c2ccccc2n1-c1cccc2ccccc12. The molecule has 0 aliphatic rings. The van der Waals surface area contributed by atoms with Crippen LogP contribution in [0.25, 0.3) is 39.5 Å². The van der Waals surface area contributed by atoms with E-state index in [2.05, 4.69) is 97.0 Å². The van der Waals surface area contributed by atoms with Crippen molar-refractivity contribution in [3.05, 3.63) is 90.6 Å². The summed E-state index contributed by atoms with van der Waals surface area (Å²) in [6, 6.07) is 23.5. The molecular weight excluding hydrogens is 290 g/mol. The second-order valence-corrected chi connectivity index (χ2v) is 5.85. The van der Waals surface area contributed by atoms with E-state index < -0.39 is 0 Å². The molecule has 0 fully saturated rings. The fourth-order valence-corrected chi connectivity index (χ4v) is 3.49. The molecule has 0 aliphatic heterocycles. The standard InChI is InChI=1S/C23H19N/c1-3-10-19-20-14-7-8-15-23(20)24(21(19)4-2)22-16-9-12-17-11-5-6-13-18(17)22/h3-16H,2H2,1H3/b10-3-. The van der Waals surface area contributed by atoms with Crippen molar-refractivity contribution in [2.45, 2.75) is 6.92 Å². The first-order valence-electron chi connectivity index (χ1n) is 8.22. The van der Waals surface area contributed by atoms with Crippen molar-refractivity contribution in [3.63, 3.8) is 0 Å². The molecule has 1 heteroatoms. The van der Waals surface area contributed by atoms with E-state index in [0.717, 1.165) is 5.69 Å². The Bertz CT molecular complexity index is 1070. The van der Waals surface area contributed by atoms with Crippen LogP contribution in [0.15, 0.2) is 79.4 Å². The molecule has 0 atom stereocenters. The number of hydrogen-bond acceptors (Lipinski definition) is 0. The van der Waals surface area contributed by atoms with Crippen molar-refractivity contribution >= 4 is 33.8 Å². The van der Waals surface area contributed by atoms with Crippen LogP contribution in [0, 0.1) is 0 Å². The van der Waals surface area contributed by atoms with Gasteiger partial charge in [0.15, 0.2) is 0 Å². The van der Waals surface area contributed by atoms with Gasteiger partial charge in [-0.1, -0.05) is 73.3 Å². The quantitative estimate of drug-likeness (QED) is 0.409. The molecule has 0 unspecified atom stereocenters. The van der Waals surface area contributed by atoms with Crippen LogP contribution < -0.4 is 0 Å². The molecule has 0 aliphatic carbocycles. The van der Waals surface area contributed by atoms with E-state index in [1.54, 1.807) is 0 Å². The number of nitrogens with zero attached hydrogens (tertiary/aromatic N) is 1. The monoisotopic (exact) mass is 309 g/mol. The Labute approximate surface area is 142 Å². The average molecular weight is 309 g/mol. The van der Waals surface area contributed by atoms with E-state index in [9.17, 15) is 0 Å². The van der Waals surface area contributed by atoms with Crippen molar-refractivity contribution in [3.8, 4) is 5.69 Å². The summed E-state index contributed by atoms with van der Waals surface area (Å²) in [6.07, 6.45) is 6.21. The average Bonchev–Trinajstić information content (AvgIpc) is 2.95. The molecule has 0 amide bonds. The third-order valence-corrected chi connectivity index (χ3v) is 4.49. The maximum absolute atomic E-state index is 4.08. The molecule has 1 aromatic heterocycles. The first-order valence-corrected chi connectivity index (χ1v) is 8.22. The van der Waals surface area contributed by atoms with Crippen molar-refractivity contribution in [2.75, 3.05) is 0 Å². The lowest BCUT2D eigenvalue weighted by atomic mass is 10.1. The summed E-state index contributed by atoms with van der Waals surface area (Å²) < 4.78 is 2.32. The molecule has 24 heavy (non-hydrogen) atoms. The molecular formula is C23H19N. The van der Waals surface area contributed by atoms with E-state index in [4.69, 9.17) is 0 Å². The van der Waals surface area contributed by atoms with E-state index in [-0.39, 0.29) is 0 Å². The predicted octanol–water partition coefficient (Wildman–Crippen LogP) is 6.46. The smallest absolute Gasteiger partial charge is 0.0541 e. The summed E-state index contributed by atoms with van der Waals surface area (Å²) in [4.78, 5) is 0. The van der Waals surface area contributed by atoms with Gasteiger partial charge >= 0.3 is 0 Å². The Hall–Kier alpha value is -3.06. The molecule has 0 saturated carbocycles. The van der Waals surface area contributed by atoms with Crippen molar-refractivity contribution in [1.29, 1.82) is 0 Å². The fraction of sp³-hybridized carbons (Fsp3) is 0.0435. The third-order valence-electron chi connectivity index (χ3n) is 4.49. The minimum Gasteiger partial charge on any atom is -0.309 e. The van der Waals surface area contributed by atoms with Gasteiger partial charge in [0, 0.05) is 16.3 Å². The maximum Gasteiger partial charge on any atom is 0.0541 e. The molecule has 4 aromatic rings. The molecule has 0 saturated heterocycles. The number of fused-ring (bicyclic) bond motifs is 2. The Morgan fingerprint density at radius 3 is 2.33 bits per heavy atom. The van der Waals surface area contributed by atoms with Gasteiger partial charge in [-0.2, -0.15) is 0 Å². The lowest BCUT2D eigenvalue weighted by Gasteiger charge is -2.12. The van der Waals surface area contributed by atoms with Gasteiger partial charge in [-0.25, -0.2) is 0 Å². The number of hydrogen-bond donors (Lipinski definition) is 0. The zero-order chi connectivity index (χ0) is 16.5. The van der Waals surface area contributed by atoms with Crippen LogP contribution in [-0.2, 0) is 0 Å². The Kier molecular flexibility index (Phi) is 3.55. The van der Waals surface area contributed by atoms with Crippen LogP contribution in [-0.4, -0.2) is 4.57 Å². The van der Waals surface area contributed by atoms with Crippen LogP contribution in [0.4, 0.5) is 0 Å². The van der Waals surface area contributed by atoms with Gasteiger partial charge in [0.2, 0.25) is 0 Å². The van der Waals surface area contributed by atoms with Crippen LogP contribution in [0.5, 0.6) is 0 Å². The normalized spacial score (nSPS) is 11.5. The van der Waals surface area contributed by atoms with Gasteiger partial charge in [0.1, 0.15) is 0 Å². The topological polar surface area (TPSA) is 4.93 Å². The lowest BCUT2D eigenvalue weighted by molar-refractivity contribution is 1.12. The molecule has 0 radical (unpaired) electrons. The molecule has 0 N–H and O–H groups in total. The van der Waals surface area contributed by atoms with Crippen LogP contribution in [0.3, 0.4) is 0 Å². The first-order chi connectivity index (χ1) is 11.8. The number of aromatic nitrogens is 1. The molecule has 1 heterocycles. The molecule has 1 nitrogen and oxygen atoms in total. The Balaban J connectivity index is 2.19. The largest absolute Gasteiger partial charge is 0.309 e. The summed E-state index contributed by atoms with van der Waals surface area (Å²) in [7, 11) is 0. The highest BCUT2D eigenvalue weighted by atomic mass is 15.0. The number of benzene rings is 3. The maximum atomic E-state index is 4.08. The van der Waals surface area contributed by atoms with E-state index in [0.29, 0.717) is 0 Å². The van der Waals surface area contributed by atoms with E-state index in [1.807, 2.05) is 6.08 Å². The van der Waals surface area contributed by atoms with Gasteiger partial charge in [0.05, 0.1) is 16.9 Å². The zero-order valence-electron chi connectivity index (χ0n) is 13.7. The zero-order valence-corrected chi connectivity index (χ0v) is 13.7. The van der Waals surface area contributed by atoms with Crippen LogP contribution in [0.2, 0.25) is 0 Å². The van der Waals surface area contributed by atoms with Gasteiger partial charge in [-0.3, -0.25) is 0 Å². The van der Waals surface area contributed by atoms with Crippen molar-refractivity contribution < 1.29 is 0 Å². The third kappa shape index (κ3) is 2.10. The molecule has 3 aromatic carbocycles. The minimum atomic E-state index is 1.13. The fourth-order valence-electron chi connectivity index (χ4n) is 3.49. The van der Waals surface area contributed by atoms with E-state index >= 15 is 0 Å². The Morgan fingerprint density at radius 1 is 0.833 bits per heavy atom. The number of rotatable bonds is 3. The summed E-state index contributed by atoms with van der Waals surface area (Å²) in [5, 5.41) is 3.74. The molecule has 116 valence electrons. The van der Waals surface area contributed by atoms with Crippen molar-refractivity contribution in [2.24, 2.45) is 0 Å². The number of allylic oxidation sites excluding steroid dienone is 1. The molecule has 0 spiro atoms. The summed E-state index contributed by atoms with van der Waals surface area (Å²) in [5.74, 6) is 0. The summed E-state index contributed by atoms with van der Waals surface area (Å²) in [5.41, 5.74) is 4.74. The Morgan fingerprint density at radius 2 is 1.54 bits per heavy atom. The van der Waals surface area contributed by atoms with Gasteiger partial charge in [0.25, 0.3) is 0 Å². The van der Waals surface area contributed by atoms with Crippen molar-refractivity contribution in [1.82, 2.24) is 4.57 Å². The molecule has 0 bridgehead atoms. The second kappa shape index (κ2) is 5.86. The summed E-state index contributed by atoms with van der Waals surface area (Å²) in [6.45, 7) is 6.13. The van der Waals surface area contributed by atoms with Crippen LogP contribution >= 0.6 is 0 Å². The highest BCUT2D eigenvalue weighted by Gasteiger charge is 2.15. The first kappa shape index (κ1) is 14.5. The molecule has 4 rings (SSSR count). The summed E-state index contributed by atoms with van der Waals surface area (Å²) >= 11 is 0. The number of para-hydroxylation sites is 1. The van der Waals surface area contributed by atoms with E-state index in [1.165, 1.54) is 32.9 Å². The van der Waals surface area contributed by atoms with Gasteiger partial charge in [-0.15, -0.1) is 0 Å². The minimum absolute atomic E-state index is 1.13. The van der Waals surface area contributed by atoms with Gasteiger partial charge in [-0.05, 0) is 30.5 Å². The highest BCUT2D eigenvalue weighted by molar-refractivity contribution is 5.99. The lowest BCUT2D eigenvalue weighted by Crippen LogP contribution is -1.98. The highest BCUT2D eigenvalue weighted by Crippen LogP contribution is 2.34. The second-order valence-electron chi connectivity index (χ2n) is 5.85. The predicted molar refractivity (Wildman–Crippen MR) is 106 cm³/mol. The van der Waals surface area contributed by atoms with Crippen LogP contribution in [0.1, 0.15) is 18.2 Å².